The molecular weight excluding hydrogens is 182 g/mol. The summed E-state index contributed by atoms with van der Waals surface area (Å²) in [5.41, 5.74) is -0.585. The van der Waals surface area contributed by atoms with Crippen LogP contribution >= 0.6 is 11.3 Å². The van der Waals surface area contributed by atoms with Gasteiger partial charge in [-0.1, -0.05) is 20.8 Å². The molecule has 0 aromatic carbocycles. The van der Waals surface area contributed by atoms with Crippen LogP contribution in [0.5, 0.6) is 0 Å². The number of hydrogen-bond acceptors (Lipinski definition) is 3. The Morgan fingerprint density at radius 1 is 1.62 bits per heavy atom. The van der Waals surface area contributed by atoms with E-state index in [9.17, 15) is 5.11 Å². The summed E-state index contributed by atoms with van der Waals surface area (Å²) in [5, 5.41) is 13.2. The molecular formula is C10H17NOS. The first-order valence-electron chi connectivity index (χ1n) is 4.69. The molecule has 13 heavy (non-hydrogen) atoms. The first kappa shape index (κ1) is 10.7. The minimum absolute atomic E-state index is 0.279. The van der Waals surface area contributed by atoms with E-state index in [1.54, 1.807) is 17.5 Å². The lowest BCUT2D eigenvalue weighted by Crippen LogP contribution is -2.36. The van der Waals surface area contributed by atoms with E-state index < -0.39 is 5.60 Å². The second-order valence-corrected chi connectivity index (χ2v) is 4.69. The summed E-state index contributed by atoms with van der Waals surface area (Å²) in [7, 11) is 0. The van der Waals surface area contributed by atoms with E-state index in [0.717, 1.165) is 11.4 Å². The molecule has 0 saturated carbocycles. The molecule has 0 spiro atoms. The zero-order valence-corrected chi connectivity index (χ0v) is 9.27. The van der Waals surface area contributed by atoms with Crippen LogP contribution in [0.2, 0.25) is 0 Å². The van der Waals surface area contributed by atoms with Crippen molar-refractivity contribution >= 4 is 11.3 Å². The number of nitrogens with zero attached hydrogens (tertiary/aromatic N) is 1. The van der Waals surface area contributed by atoms with Crippen molar-refractivity contribution in [2.45, 2.75) is 39.2 Å². The van der Waals surface area contributed by atoms with Gasteiger partial charge in [0.1, 0.15) is 0 Å². The summed E-state index contributed by atoms with van der Waals surface area (Å²) < 4.78 is 0. The number of rotatable bonds is 4. The molecule has 3 heteroatoms. The third-order valence-electron chi connectivity index (χ3n) is 2.63. The second kappa shape index (κ2) is 4.20. The molecule has 0 aliphatic heterocycles. The van der Waals surface area contributed by atoms with Crippen LogP contribution in [0.15, 0.2) is 11.6 Å². The van der Waals surface area contributed by atoms with Gasteiger partial charge in [-0.2, -0.15) is 0 Å². The van der Waals surface area contributed by atoms with Crippen molar-refractivity contribution in [1.29, 1.82) is 0 Å². The average Bonchev–Trinajstić information content (AvgIpc) is 2.56. The molecule has 0 aliphatic carbocycles. The monoisotopic (exact) mass is 199 g/mol. The van der Waals surface area contributed by atoms with Crippen LogP contribution in [0.1, 0.15) is 32.2 Å². The van der Waals surface area contributed by atoms with Gasteiger partial charge >= 0.3 is 0 Å². The van der Waals surface area contributed by atoms with Crippen LogP contribution in [0.3, 0.4) is 0 Å². The van der Waals surface area contributed by atoms with Gasteiger partial charge in [0, 0.05) is 18.0 Å². The lowest BCUT2D eigenvalue weighted by Gasteiger charge is -2.30. The van der Waals surface area contributed by atoms with Crippen molar-refractivity contribution in [3.8, 4) is 0 Å². The van der Waals surface area contributed by atoms with Crippen molar-refractivity contribution in [1.82, 2.24) is 4.98 Å². The van der Waals surface area contributed by atoms with Crippen molar-refractivity contribution in [2.75, 3.05) is 0 Å². The van der Waals surface area contributed by atoms with Gasteiger partial charge in [-0.25, -0.2) is 4.98 Å². The maximum Gasteiger partial charge on any atom is 0.0953 e. The van der Waals surface area contributed by atoms with Gasteiger partial charge < -0.3 is 5.11 Å². The topological polar surface area (TPSA) is 33.1 Å². The highest BCUT2D eigenvalue weighted by Crippen LogP contribution is 2.26. The molecule has 1 aromatic rings. The van der Waals surface area contributed by atoms with Crippen LogP contribution in [0.25, 0.3) is 0 Å². The van der Waals surface area contributed by atoms with Crippen LogP contribution in [0.4, 0.5) is 0 Å². The largest absolute Gasteiger partial charge is 0.389 e. The van der Waals surface area contributed by atoms with Gasteiger partial charge in [-0.3, -0.25) is 0 Å². The van der Waals surface area contributed by atoms with E-state index in [-0.39, 0.29) is 5.92 Å². The Kier molecular flexibility index (Phi) is 3.45. The van der Waals surface area contributed by atoms with Gasteiger partial charge in [0.2, 0.25) is 0 Å². The Hall–Kier alpha value is -0.410. The summed E-state index contributed by atoms with van der Waals surface area (Å²) >= 11 is 1.61. The maximum absolute atomic E-state index is 10.2. The van der Waals surface area contributed by atoms with Crippen molar-refractivity contribution in [3.05, 3.63) is 16.6 Å². The fourth-order valence-corrected chi connectivity index (χ4v) is 2.07. The van der Waals surface area contributed by atoms with E-state index in [0.29, 0.717) is 6.42 Å². The highest BCUT2D eigenvalue weighted by atomic mass is 32.1. The van der Waals surface area contributed by atoms with Gasteiger partial charge in [0.25, 0.3) is 0 Å². The third kappa shape index (κ3) is 2.51. The average molecular weight is 199 g/mol. The zero-order chi connectivity index (χ0) is 9.90. The fraction of sp³-hybridized carbons (Fsp3) is 0.700. The lowest BCUT2D eigenvalue weighted by molar-refractivity contribution is -0.00831. The summed E-state index contributed by atoms with van der Waals surface area (Å²) in [6.07, 6.45) is 3.25. The molecule has 1 aromatic heterocycles. The lowest BCUT2D eigenvalue weighted by atomic mass is 9.85. The molecule has 1 unspecified atom stereocenters. The van der Waals surface area contributed by atoms with Gasteiger partial charge in [0.05, 0.1) is 10.6 Å². The quantitative estimate of drug-likeness (QED) is 0.808. The Labute approximate surface area is 83.6 Å². The number of hydrogen-bond donors (Lipinski definition) is 1. The Morgan fingerprint density at radius 3 is 2.69 bits per heavy atom. The van der Waals surface area contributed by atoms with Crippen LogP contribution < -0.4 is 0 Å². The molecule has 2 nitrogen and oxygen atoms in total. The minimum Gasteiger partial charge on any atom is -0.389 e. The first-order chi connectivity index (χ1) is 6.08. The zero-order valence-electron chi connectivity index (χ0n) is 8.45. The van der Waals surface area contributed by atoms with E-state index in [1.165, 1.54) is 0 Å². The SMILES string of the molecule is CCC(O)(Cc1nccs1)C(C)C. The molecule has 0 radical (unpaired) electrons. The Morgan fingerprint density at radius 2 is 2.31 bits per heavy atom. The van der Waals surface area contributed by atoms with E-state index in [2.05, 4.69) is 18.8 Å². The van der Waals surface area contributed by atoms with Crippen molar-refractivity contribution in [3.63, 3.8) is 0 Å². The predicted octanol–water partition coefficient (Wildman–Crippen LogP) is 2.48. The maximum atomic E-state index is 10.2. The van der Waals surface area contributed by atoms with Gasteiger partial charge in [-0.05, 0) is 12.3 Å². The normalized spacial score (nSPS) is 16.1. The molecule has 0 aliphatic rings. The molecule has 0 amide bonds. The van der Waals surface area contributed by atoms with Gasteiger partial charge in [0.15, 0.2) is 0 Å². The summed E-state index contributed by atoms with van der Waals surface area (Å²) in [5.74, 6) is 0.279. The number of aliphatic hydroxyl groups is 1. The van der Waals surface area contributed by atoms with E-state index in [1.807, 2.05) is 12.3 Å². The standard InChI is InChI=1S/C10H17NOS/c1-4-10(12,8(2)3)7-9-11-5-6-13-9/h5-6,8,12H,4,7H2,1-3H3. The molecule has 1 atom stereocenters. The second-order valence-electron chi connectivity index (χ2n) is 3.71. The molecule has 0 bridgehead atoms. The Bertz CT molecular complexity index is 245. The van der Waals surface area contributed by atoms with Crippen molar-refractivity contribution < 1.29 is 5.11 Å². The fourth-order valence-electron chi connectivity index (χ4n) is 1.34. The summed E-state index contributed by atoms with van der Waals surface area (Å²) in [6, 6.07) is 0. The number of thiazole rings is 1. The first-order valence-corrected chi connectivity index (χ1v) is 5.57. The van der Waals surface area contributed by atoms with Crippen LogP contribution in [-0.4, -0.2) is 15.7 Å². The molecule has 74 valence electrons. The molecule has 0 saturated heterocycles. The minimum atomic E-state index is -0.585. The molecule has 1 rings (SSSR count). The summed E-state index contributed by atoms with van der Waals surface area (Å²) in [4.78, 5) is 4.19. The molecule has 1 heterocycles. The number of aromatic nitrogens is 1. The van der Waals surface area contributed by atoms with E-state index >= 15 is 0 Å². The van der Waals surface area contributed by atoms with Gasteiger partial charge in [-0.15, -0.1) is 11.3 Å². The van der Waals surface area contributed by atoms with Crippen LogP contribution in [0, 0.1) is 5.92 Å². The van der Waals surface area contributed by atoms with Crippen molar-refractivity contribution in [2.24, 2.45) is 5.92 Å². The highest BCUT2D eigenvalue weighted by molar-refractivity contribution is 7.09. The smallest absolute Gasteiger partial charge is 0.0953 e. The molecule has 0 fully saturated rings. The summed E-state index contributed by atoms with van der Waals surface area (Å²) in [6.45, 7) is 6.13. The Balaban J connectivity index is 2.69. The van der Waals surface area contributed by atoms with Crippen LogP contribution in [-0.2, 0) is 6.42 Å². The predicted molar refractivity (Wildman–Crippen MR) is 55.9 cm³/mol. The molecule has 1 N–H and O–H groups in total. The highest BCUT2D eigenvalue weighted by Gasteiger charge is 2.29. The third-order valence-corrected chi connectivity index (χ3v) is 3.41. The van der Waals surface area contributed by atoms with E-state index in [4.69, 9.17) is 0 Å².